The summed E-state index contributed by atoms with van der Waals surface area (Å²) < 4.78 is 0. The Morgan fingerprint density at radius 1 is 0.719 bits per heavy atom. The largest absolute Gasteiger partial charge is 0.481 e. The molecule has 0 aromatic rings. The van der Waals surface area contributed by atoms with Gasteiger partial charge in [0.15, 0.2) is 0 Å². The molecular formula is C21H44N8O3. The van der Waals surface area contributed by atoms with Crippen LogP contribution in [0.2, 0.25) is 0 Å². The molecular weight excluding hydrogens is 412 g/mol. The Balaban J connectivity index is 2.09. The van der Waals surface area contributed by atoms with E-state index in [4.69, 9.17) is 10.8 Å². The van der Waals surface area contributed by atoms with Gasteiger partial charge in [0.2, 0.25) is 5.91 Å². The fraction of sp³-hybridized carbons (Fsp3) is 0.905. The zero-order chi connectivity index (χ0) is 23.1. The van der Waals surface area contributed by atoms with Crippen LogP contribution < -0.4 is 43.0 Å². The van der Waals surface area contributed by atoms with Gasteiger partial charge in [0.25, 0.3) is 0 Å². The average molecular weight is 457 g/mol. The Bertz CT molecular complexity index is 545. The zero-order valence-corrected chi connectivity index (χ0v) is 19.4. The SMILES string of the molecule is N[C@]12CNCCCNC[C@](NC(=O)CCCC(=O)O)(CNCCCNC1)CNCCNC2. The molecule has 0 saturated carbocycles. The summed E-state index contributed by atoms with van der Waals surface area (Å²) in [7, 11) is 0. The molecule has 2 bridgehead atoms. The summed E-state index contributed by atoms with van der Waals surface area (Å²) in [5.41, 5.74) is 5.82. The number of rotatable bonds is 5. The van der Waals surface area contributed by atoms with Gasteiger partial charge < -0.3 is 48.1 Å². The Kier molecular flexibility index (Phi) is 12.4. The lowest BCUT2D eigenvalue weighted by Gasteiger charge is -2.36. The molecule has 2 saturated heterocycles. The normalized spacial score (nSPS) is 29.8. The highest BCUT2D eigenvalue weighted by molar-refractivity contribution is 5.77. The minimum atomic E-state index is -0.875. The van der Waals surface area contributed by atoms with Gasteiger partial charge in [0.05, 0.1) is 11.1 Å². The molecule has 11 heteroatoms. The maximum Gasteiger partial charge on any atom is 0.303 e. The number of carboxylic acid groups (broad SMARTS) is 1. The van der Waals surface area contributed by atoms with Crippen LogP contribution in [-0.4, -0.2) is 107 Å². The first-order valence-corrected chi connectivity index (χ1v) is 12.0. The Labute approximate surface area is 191 Å². The monoisotopic (exact) mass is 456 g/mol. The number of amides is 1. The quantitative estimate of drug-likeness (QED) is 0.210. The van der Waals surface area contributed by atoms with Crippen molar-refractivity contribution in [2.24, 2.45) is 5.73 Å². The van der Waals surface area contributed by atoms with E-state index in [1.54, 1.807) is 0 Å². The number of carbonyl (C=O) groups excluding carboxylic acids is 1. The van der Waals surface area contributed by atoms with Crippen LogP contribution in [0.25, 0.3) is 0 Å². The number of carboxylic acids is 1. The molecule has 2 fully saturated rings. The van der Waals surface area contributed by atoms with Gasteiger partial charge in [-0.25, -0.2) is 0 Å². The minimum absolute atomic E-state index is 0.00345. The molecule has 1 amide bonds. The molecule has 11 nitrogen and oxygen atoms in total. The number of nitrogens with one attached hydrogen (secondary N) is 7. The first kappa shape index (κ1) is 26.9. The van der Waals surface area contributed by atoms with E-state index in [0.717, 1.165) is 71.7 Å². The highest BCUT2D eigenvalue weighted by atomic mass is 16.4. The van der Waals surface area contributed by atoms with Crippen LogP contribution in [0, 0.1) is 0 Å². The van der Waals surface area contributed by atoms with Crippen LogP contribution in [0.15, 0.2) is 0 Å². The predicted molar refractivity (Wildman–Crippen MR) is 126 cm³/mol. The van der Waals surface area contributed by atoms with Gasteiger partial charge in [-0.3, -0.25) is 9.59 Å². The molecule has 2 heterocycles. The number of nitrogens with two attached hydrogens (primary N) is 1. The highest BCUT2D eigenvalue weighted by Gasteiger charge is 2.31. The summed E-state index contributed by atoms with van der Waals surface area (Å²) in [6.07, 6.45) is 2.47. The van der Waals surface area contributed by atoms with Crippen LogP contribution in [0.3, 0.4) is 0 Å². The molecule has 0 unspecified atom stereocenters. The van der Waals surface area contributed by atoms with Crippen molar-refractivity contribution >= 4 is 11.9 Å². The number of carbonyl (C=O) groups is 2. The van der Waals surface area contributed by atoms with Crippen LogP contribution in [0.5, 0.6) is 0 Å². The molecule has 0 spiro atoms. The first-order valence-electron chi connectivity index (χ1n) is 12.0. The van der Waals surface area contributed by atoms with E-state index in [1.165, 1.54) is 0 Å². The van der Waals surface area contributed by atoms with Crippen LogP contribution >= 0.6 is 0 Å². The van der Waals surface area contributed by atoms with E-state index < -0.39 is 11.5 Å². The summed E-state index contributed by atoms with van der Waals surface area (Å²) >= 11 is 0. The Hall–Kier alpha value is -1.34. The highest BCUT2D eigenvalue weighted by Crippen LogP contribution is 2.06. The van der Waals surface area contributed by atoms with Gasteiger partial charge in [0, 0.05) is 65.2 Å². The smallest absolute Gasteiger partial charge is 0.303 e. The second-order valence-electron chi connectivity index (χ2n) is 9.21. The molecule has 10 N–H and O–H groups in total. The van der Waals surface area contributed by atoms with Crippen LogP contribution in [-0.2, 0) is 9.59 Å². The van der Waals surface area contributed by atoms with E-state index in [1.807, 2.05) is 0 Å². The second-order valence-corrected chi connectivity index (χ2v) is 9.21. The van der Waals surface area contributed by atoms with E-state index in [9.17, 15) is 9.59 Å². The van der Waals surface area contributed by atoms with Crippen molar-refractivity contribution in [3.05, 3.63) is 0 Å². The summed E-state index contributed by atoms with van der Waals surface area (Å²) in [6, 6.07) is 0. The van der Waals surface area contributed by atoms with Crippen molar-refractivity contribution in [1.29, 1.82) is 0 Å². The third-order valence-electron chi connectivity index (χ3n) is 5.91. The van der Waals surface area contributed by atoms with Crippen LogP contribution in [0.4, 0.5) is 0 Å². The van der Waals surface area contributed by atoms with Crippen molar-refractivity contribution in [3.8, 4) is 0 Å². The van der Waals surface area contributed by atoms with Crippen molar-refractivity contribution in [2.75, 3.05) is 78.5 Å². The van der Waals surface area contributed by atoms with Gasteiger partial charge in [0.1, 0.15) is 0 Å². The maximum atomic E-state index is 12.7. The average Bonchev–Trinajstić information content (AvgIpc) is 2.74. The maximum absolute atomic E-state index is 12.7. The van der Waals surface area contributed by atoms with Crippen molar-refractivity contribution < 1.29 is 14.7 Å². The topological polar surface area (TPSA) is 165 Å². The fourth-order valence-electron chi connectivity index (χ4n) is 4.11. The first-order chi connectivity index (χ1) is 15.4. The van der Waals surface area contributed by atoms with Gasteiger partial charge in [-0.15, -0.1) is 0 Å². The summed E-state index contributed by atoms with van der Waals surface area (Å²) in [5.74, 6) is -0.984. The molecule has 2 rings (SSSR count). The minimum Gasteiger partial charge on any atom is -0.481 e. The second kappa shape index (κ2) is 14.7. The predicted octanol–water partition coefficient (Wildman–Crippen LogP) is -2.86. The lowest BCUT2D eigenvalue weighted by Crippen LogP contribution is -2.65. The van der Waals surface area contributed by atoms with E-state index in [2.05, 4.69) is 37.2 Å². The van der Waals surface area contributed by atoms with Gasteiger partial charge >= 0.3 is 5.97 Å². The van der Waals surface area contributed by atoms with Gasteiger partial charge in [-0.05, 0) is 45.4 Å². The van der Waals surface area contributed by atoms with E-state index in [0.29, 0.717) is 26.1 Å². The van der Waals surface area contributed by atoms with Gasteiger partial charge in [-0.2, -0.15) is 0 Å². The summed E-state index contributed by atoms with van der Waals surface area (Å²) in [5, 5.41) is 33.0. The molecule has 2 aliphatic heterocycles. The molecule has 0 atom stereocenters. The lowest BCUT2D eigenvalue weighted by molar-refractivity contribution is -0.137. The van der Waals surface area contributed by atoms with E-state index in [-0.39, 0.29) is 24.3 Å². The summed E-state index contributed by atoms with van der Waals surface area (Å²) in [4.78, 5) is 23.5. The fourth-order valence-corrected chi connectivity index (χ4v) is 4.11. The Morgan fingerprint density at radius 2 is 1.16 bits per heavy atom. The number of aliphatic carboxylic acids is 1. The van der Waals surface area contributed by atoms with Crippen molar-refractivity contribution in [3.63, 3.8) is 0 Å². The molecule has 2 aliphatic rings. The van der Waals surface area contributed by atoms with Crippen molar-refractivity contribution in [1.82, 2.24) is 37.2 Å². The zero-order valence-electron chi connectivity index (χ0n) is 19.4. The number of fused-ring (bicyclic) bond motifs is 7. The summed E-state index contributed by atoms with van der Waals surface area (Å²) in [6.45, 7) is 9.03. The third-order valence-corrected chi connectivity index (χ3v) is 5.91. The molecule has 0 aromatic heterocycles. The van der Waals surface area contributed by atoms with Crippen LogP contribution in [0.1, 0.15) is 32.1 Å². The Morgan fingerprint density at radius 3 is 1.66 bits per heavy atom. The molecule has 0 radical (unpaired) electrons. The lowest BCUT2D eigenvalue weighted by atomic mass is 9.97. The molecule has 186 valence electrons. The molecule has 32 heavy (non-hydrogen) atoms. The van der Waals surface area contributed by atoms with E-state index >= 15 is 0 Å². The third kappa shape index (κ3) is 11.0. The van der Waals surface area contributed by atoms with Crippen molar-refractivity contribution in [2.45, 2.75) is 43.2 Å². The number of hydrogen-bond acceptors (Lipinski definition) is 9. The molecule has 0 aromatic carbocycles. The van der Waals surface area contributed by atoms with Gasteiger partial charge in [-0.1, -0.05) is 0 Å². The standard InChI is InChI=1S/C21H44N8O3/c22-20-12-23-6-2-8-25-15-21(17-28-11-10-27-14-20,16-26-9-3-7-24-13-20)29-18(30)4-1-5-19(31)32/h23-28H,1-17,22H2,(H,29,30)(H,31,32)/t20-,21+. The molecule has 0 aliphatic carbocycles. The number of hydrogen-bond donors (Lipinski definition) is 9.